The highest BCUT2D eigenvalue weighted by molar-refractivity contribution is 7.89. The molecule has 0 atom stereocenters. The zero-order valence-electron chi connectivity index (χ0n) is 15.6. The Bertz CT molecular complexity index is 867. The standard InChI is InChI=1S/C20H25ClN2O3S/c1-3-14-23(27(25,26)19-10-8-18(21)9-11-19)15-20(24)22-13-12-17-7-5-4-6-16(17)2/h4-11H,3,12-15H2,1-2H3,(H,22,24). The third kappa shape index (κ3) is 6.06. The Hall–Kier alpha value is -1.89. The number of carbonyl (C=O) groups is 1. The monoisotopic (exact) mass is 408 g/mol. The second kappa shape index (κ2) is 9.88. The number of carbonyl (C=O) groups excluding carboxylic acids is 1. The van der Waals surface area contributed by atoms with Crippen molar-refractivity contribution in [2.75, 3.05) is 19.6 Å². The highest BCUT2D eigenvalue weighted by atomic mass is 35.5. The maximum absolute atomic E-state index is 12.8. The Morgan fingerprint density at radius 3 is 2.41 bits per heavy atom. The number of hydrogen-bond acceptors (Lipinski definition) is 3. The maximum atomic E-state index is 12.8. The Morgan fingerprint density at radius 1 is 1.11 bits per heavy atom. The molecule has 0 aliphatic heterocycles. The van der Waals surface area contributed by atoms with E-state index in [-0.39, 0.29) is 23.9 Å². The van der Waals surface area contributed by atoms with Crippen molar-refractivity contribution in [3.05, 3.63) is 64.7 Å². The van der Waals surface area contributed by atoms with E-state index in [9.17, 15) is 13.2 Å². The molecule has 0 saturated heterocycles. The largest absolute Gasteiger partial charge is 0.355 e. The van der Waals surface area contributed by atoms with Crippen molar-refractivity contribution in [2.45, 2.75) is 31.6 Å². The van der Waals surface area contributed by atoms with Gasteiger partial charge < -0.3 is 5.32 Å². The van der Waals surface area contributed by atoms with Crippen molar-refractivity contribution in [1.29, 1.82) is 0 Å². The summed E-state index contributed by atoms with van der Waals surface area (Å²) in [6, 6.07) is 14.0. The van der Waals surface area contributed by atoms with Gasteiger partial charge in [0.25, 0.3) is 0 Å². The molecule has 2 aromatic carbocycles. The number of nitrogens with one attached hydrogen (secondary N) is 1. The molecule has 2 aromatic rings. The van der Waals surface area contributed by atoms with Gasteiger partial charge in [0.15, 0.2) is 0 Å². The average Bonchev–Trinajstić information content (AvgIpc) is 2.63. The predicted octanol–water partition coefficient (Wildman–Crippen LogP) is 3.41. The zero-order chi connectivity index (χ0) is 19.9. The summed E-state index contributed by atoms with van der Waals surface area (Å²) in [4.78, 5) is 12.4. The smallest absolute Gasteiger partial charge is 0.243 e. The molecule has 0 bridgehead atoms. The maximum Gasteiger partial charge on any atom is 0.243 e. The van der Waals surface area contributed by atoms with E-state index >= 15 is 0 Å². The quantitative estimate of drug-likeness (QED) is 0.691. The Morgan fingerprint density at radius 2 is 1.78 bits per heavy atom. The van der Waals surface area contributed by atoms with Gasteiger partial charge in [0, 0.05) is 18.1 Å². The molecule has 1 amide bonds. The first kappa shape index (κ1) is 21.4. The van der Waals surface area contributed by atoms with Crippen molar-refractivity contribution < 1.29 is 13.2 Å². The zero-order valence-corrected chi connectivity index (χ0v) is 17.2. The molecule has 0 aliphatic rings. The van der Waals surface area contributed by atoms with E-state index in [0.717, 1.165) is 5.56 Å². The highest BCUT2D eigenvalue weighted by Gasteiger charge is 2.25. The van der Waals surface area contributed by atoms with Gasteiger partial charge in [-0.05, 0) is 55.2 Å². The van der Waals surface area contributed by atoms with Crippen LogP contribution in [0.4, 0.5) is 0 Å². The molecule has 0 heterocycles. The first-order chi connectivity index (χ1) is 12.8. The van der Waals surface area contributed by atoms with Gasteiger partial charge in [0.2, 0.25) is 15.9 Å². The molecule has 0 aromatic heterocycles. The second-order valence-corrected chi connectivity index (χ2v) is 8.69. The van der Waals surface area contributed by atoms with Crippen LogP contribution in [0.1, 0.15) is 24.5 Å². The Kier molecular flexibility index (Phi) is 7.83. The summed E-state index contributed by atoms with van der Waals surface area (Å²) < 4.78 is 26.8. The number of nitrogens with zero attached hydrogens (tertiary/aromatic N) is 1. The van der Waals surface area contributed by atoms with Crippen LogP contribution in [0.2, 0.25) is 5.02 Å². The molecule has 0 spiro atoms. The lowest BCUT2D eigenvalue weighted by atomic mass is 10.1. The number of halogens is 1. The van der Waals surface area contributed by atoms with Crippen LogP contribution in [0.25, 0.3) is 0 Å². The summed E-state index contributed by atoms with van der Waals surface area (Å²) in [5, 5.41) is 3.28. The van der Waals surface area contributed by atoms with Gasteiger partial charge in [-0.25, -0.2) is 8.42 Å². The van der Waals surface area contributed by atoms with Crippen LogP contribution >= 0.6 is 11.6 Å². The molecule has 2 rings (SSSR count). The number of rotatable bonds is 9. The van der Waals surface area contributed by atoms with Crippen LogP contribution in [0.15, 0.2) is 53.4 Å². The van der Waals surface area contributed by atoms with Crippen molar-refractivity contribution in [1.82, 2.24) is 9.62 Å². The average molecular weight is 409 g/mol. The molecule has 0 radical (unpaired) electrons. The van der Waals surface area contributed by atoms with Gasteiger partial charge in [-0.3, -0.25) is 4.79 Å². The minimum absolute atomic E-state index is 0.132. The van der Waals surface area contributed by atoms with Crippen LogP contribution in [-0.2, 0) is 21.2 Å². The number of benzene rings is 2. The highest BCUT2D eigenvalue weighted by Crippen LogP contribution is 2.18. The SMILES string of the molecule is CCCN(CC(=O)NCCc1ccccc1C)S(=O)(=O)c1ccc(Cl)cc1. The molecule has 7 heteroatoms. The Balaban J connectivity index is 1.99. The van der Waals surface area contributed by atoms with Gasteiger partial charge in [0.1, 0.15) is 0 Å². The summed E-state index contributed by atoms with van der Waals surface area (Å²) in [5.41, 5.74) is 2.33. The molecule has 0 saturated carbocycles. The van der Waals surface area contributed by atoms with Gasteiger partial charge in [-0.2, -0.15) is 4.31 Å². The van der Waals surface area contributed by atoms with Gasteiger partial charge in [-0.15, -0.1) is 0 Å². The van der Waals surface area contributed by atoms with Crippen LogP contribution in [0.3, 0.4) is 0 Å². The second-order valence-electron chi connectivity index (χ2n) is 6.32. The van der Waals surface area contributed by atoms with Crippen molar-refractivity contribution >= 4 is 27.5 Å². The lowest BCUT2D eigenvalue weighted by molar-refractivity contribution is -0.121. The molecular weight excluding hydrogens is 384 g/mol. The Labute approximate surface area is 166 Å². The normalized spacial score (nSPS) is 11.6. The number of sulfonamides is 1. The number of aryl methyl sites for hydroxylation is 1. The minimum Gasteiger partial charge on any atom is -0.355 e. The van der Waals surface area contributed by atoms with E-state index in [1.807, 2.05) is 38.1 Å². The summed E-state index contributed by atoms with van der Waals surface area (Å²) in [6.45, 7) is 4.44. The van der Waals surface area contributed by atoms with Crippen LogP contribution in [-0.4, -0.2) is 38.3 Å². The molecule has 146 valence electrons. The molecule has 0 aliphatic carbocycles. The topological polar surface area (TPSA) is 66.5 Å². The van der Waals surface area contributed by atoms with Gasteiger partial charge >= 0.3 is 0 Å². The van der Waals surface area contributed by atoms with Crippen molar-refractivity contribution in [2.24, 2.45) is 0 Å². The van der Waals surface area contributed by atoms with Crippen LogP contribution in [0, 0.1) is 6.92 Å². The van der Waals surface area contributed by atoms with E-state index < -0.39 is 10.0 Å². The van der Waals surface area contributed by atoms with E-state index in [2.05, 4.69) is 5.32 Å². The van der Waals surface area contributed by atoms with Crippen LogP contribution < -0.4 is 5.32 Å². The number of hydrogen-bond donors (Lipinski definition) is 1. The van der Waals surface area contributed by atoms with E-state index in [0.29, 0.717) is 24.4 Å². The lowest BCUT2D eigenvalue weighted by Crippen LogP contribution is -2.41. The van der Waals surface area contributed by atoms with Crippen LogP contribution in [0.5, 0.6) is 0 Å². The fraction of sp³-hybridized carbons (Fsp3) is 0.350. The third-order valence-electron chi connectivity index (χ3n) is 4.22. The van der Waals surface area contributed by atoms with E-state index in [1.165, 1.54) is 34.1 Å². The van der Waals surface area contributed by atoms with Gasteiger partial charge in [-0.1, -0.05) is 42.8 Å². The first-order valence-corrected chi connectivity index (χ1v) is 10.7. The molecule has 27 heavy (non-hydrogen) atoms. The summed E-state index contributed by atoms with van der Waals surface area (Å²) >= 11 is 5.83. The fourth-order valence-corrected chi connectivity index (χ4v) is 4.35. The van der Waals surface area contributed by atoms with E-state index in [4.69, 9.17) is 11.6 Å². The molecule has 0 unspecified atom stereocenters. The fourth-order valence-electron chi connectivity index (χ4n) is 2.73. The lowest BCUT2D eigenvalue weighted by Gasteiger charge is -2.21. The number of amides is 1. The minimum atomic E-state index is -3.75. The summed E-state index contributed by atoms with van der Waals surface area (Å²) in [7, 11) is -3.75. The van der Waals surface area contributed by atoms with E-state index in [1.54, 1.807) is 0 Å². The van der Waals surface area contributed by atoms with Crippen molar-refractivity contribution in [3.63, 3.8) is 0 Å². The first-order valence-electron chi connectivity index (χ1n) is 8.91. The molecule has 1 N–H and O–H groups in total. The van der Waals surface area contributed by atoms with Gasteiger partial charge in [0.05, 0.1) is 11.4 Å². The van der Waals surface area contributed by atoms with Crippen molar-refractivity contribution in [3.8, 4) is 0 Å². The molecular formula is C20H25ClN2O3S. The summed E-state index contributed by atoms with van der Waals surface area (Å²) in [6.07, 6.45) is 1.32. The molecule has 0 fully saturated rings. The molecule has 5 nitrogen and oxygen atoms in total. The summed E-state index contributed by atoms with van der Waals surface area (Å²) in [5.74, 6) is -0.311. The third-order valence-corrected chi connectivity index (χ3v) is 6.33. The predicted molar refractivity (Wildman–Crippen MR) is 108 cm³/mol.